The Morgan fingerprint density at radius 3 is 2.90 bits per heavy atom. The third-order valence-electron chi connectivity index (χ3n) is 5.49. The molecule has 2 aromatic heterocycles. The number of likely N-dealkylation sites (N-methyl/N-ethyl adjacent to an activating group) is 1. The molecule has 3 N–H and O–H groups in total. The maximum atomic E-state index is 12.0. The fraction of sp³-hybridized carbons (Fsp3) is 0.476. The summed E-state index contributed by atoms with van der Waals surface area (Å²) in [5, 5.41) is 7.31. The molecule has 1 saturated carbocycles. The molecule has 29 heavy (non-hydrogen) atoms. The van der Waals surface area contributed by atoms with Gasteiger partial charge in [0, 0.05) is 55.7 Å². The molecule has 1 amide bonds. The SMILES string of the molecule is CN=C(/C(=C/N)CO[C@H]1CCN(C)C1)c1ccn2nc(NC(=O)C3CC3)cc2c1. The van der Waals surface area contributed by atoms with Crippen LogP contribution < -0.4 is 11.1 Å². The minimum Gasteiger partial charge on any atom is -0.404 e. The number of aromatic nitrogens is 2. The highest BCUT2D eigenvalue weighted by molar-refractivity contribution is 6.13. The number of anilines is 1. The molecule has 8 nitrogen and oxygen atoms in total. The number of carbonyl (C=O) groups excluding carboxylic acids is 1. The maximum absolute atomic E-state index is 12.0. The molecule has 0 aromatic carbocycles. The number of fused-ring (bicyclic) bond motifs is 1. The highest BCUT2D eigenvalue weighted by Gasteiger charge is 2.30. The van der Waals surface area contributed by atoms with Crippen LogP contribution in [0.5, 0.6) is 0 Å². The Kier molecular flexibility index (Phi) is 5.64. The molecule has 154 valence electrons. The van der Waals surface area contributed by atoms with Crippen LogP contribution in [0.1, 0.15) is 24.8 Å². The van der Waals surface area contributed by atoms with Gasteiger partial charge in [-0.15, -0.1) is 0 Å². The number of pyridine rings is 1. The van der Waals surface area contributed by atoms with Crippen LogP contribution in [0.3, 0.4) is 0 Å². The van der Waals surface area contributed by atoms with Crippen molar-refractivity contribution in [1.29, 1.82) is 0 Å². The molecule has 2 fully saturated rings. The Hall–Kier alpha value is -2.71. The lowest BCUT2D eigenvalue weighted by molar-refractivity contribution is -0.117. The van der Waals surface area contributed by atoms with Crippen molar-refractivity contribution in [3.05, 3.63) is 41.7 Å². The van der Waals surface area contributed by atoms with Crippen LogP contribution in [0.25, 0.3) is 5.52 Å². The van der Waals surface area contributed by atoms with E-state index in [2.05, 4.69) is 27.4 Å². The third-order valence-corrected chi connectivity index (χ3v) is 5.49. The van der Waals surface area contributed by atoms with Crippen molar-refractivity contribution in [2.75, 3.05) is 39.1 Å². The van der Waals surface area contributed by atoms with E-state index >= 15 is 0 Å². The van der Waals surface area contributed by atoms with E-state index in [1.165, 1.54) is 0 Å². The van der Waals surface area contributed by atoms with Gasteiger partial charge in [-0.2, -0.15) is 5.10 Å². The molecule has 1 atom stereocenters. The average molecular weight is 396 g/mol. The summed E-state index contributed by atoms with van der Waals surface area (Å²) in [6.07, 6.45) is 6.62. The van der Waals surface area contributed by atoms with E-state index in [0.29, 0.717) is 12.4 Å². The van der Waals surface area contributed by atoms with Crippen molar-refractivity contribution in [1.82, 2.24) is 14.5 Å². The van der Waals surface area contributed by atoms with Gasteiger partial charge in [0.05, 0.1) is 23.9 Å². The third kappa shape index (κ3) is 4.49. The summed E-state index contributed by atoms with van der Waals surface area (Å²) < 4.78 is 7.80. The number of nitrogens with zero attached hydrogens (tertiary/aromatic N) is 4. The van der Waals surface area contributed by atoms with Crippen molar-refractivity contribution >= 4 is 23.0 Å². The summed E-state index contributed by atoms with van der Waals surface area (Å²) >= 11 is 0. The summed E-state index contributed by atoms with van der Waals surface area (Å²) in [5.41, 5.74) is 9.37. The van der Waals surface area contributed by atoms with Crippen molar-refractivity contribution in [2.45, 2.75) is 25.4 Å². The number of ether oxygens (including phenoxy) is 1. The first-order valence-electron chi connectivity index (χ1n) is 10.1. The largest absolute Gasteiger partial charge is 0.404 e. The van der Waals surface area contributed by atoms with Gasteiger partial charge in [0.15, 0.2) is 5.82 Å². The predicted molar refractivity (Wildman–Crippen MR) is 113 cm³/mol. The van der Waals surface area contributed by atoms with E-state index in [-0.39, 0.29) is 17.9 Å². The molecule has 1 aliphatic heterocycles. The van der Waals surface area contributed by atoms with Crippen LogP contribution in [-0.2, 0) is 9.53 Å². The van der Waals surface area contributed by atoms with Crippen molar-refractivity contribution in [3.8, 4) is 0 Å². The normalized spacial score (nSPS) is 21.1. The van der Waals surface area contributed by atoms with Gasteiger partial charge in [0.1, 0.15) is 0 Å². The fourth-order valence-corrected chi connectivity index (χ4v) is 3.67. The molecule has 2 aromatic rings. The van der Waals surface area contributed by atoms with Gasteiger partial charge in [0.2, 0.25) is 5.91 Å². The smallest absolute Gasteiger partial charge is 0.228 e. The first-order valence-corrected chi connectivity index (χ1v) is 10.1. The predicted octanol–water partition coefficient (Wildman–Crippen LogP) is 1.66. The van der Waals surface area contributed by atoms with Gasteiger partial charge in [-0.05, 0) is 38.4 Å². The van der Waals surface area contributed by atoms with Crippen LogP contribution in [-0.4, -0.2) is 66.0 Å². The summed E-state index contributed by atoms with van der Waals surface area (Å²) in [6.45, 7) is 2.42. The van der Waals surface area contributed by atoms with Gasteiger partial charge in [-0.25, -0.2) is 4.52 Å². The molecular weight excluding hydrogens is 368 g/mol. The molecule has 1 saturated heterocycles. The van der Waals surface area contributed by atoms with E-state index in [0.717, 1.165) is 54.7 Å². The molecule has 0 unspecified atom stereocenters. The highest BCUT2D eigenvalue weighted by Crippen LogP contribution is 2.30. The van der Waals surface area contributed by atoms with E-state index in [9.17, 15) is 4.79 Å². The molecule has 4 rings (SSSR count). The summed E-state index contributed by atoms with van der Waals surface area (Å²) in [4.78, 5) is 18.7. The number of likely N-dealkylation sites (tertiary alicyclic amines) is 1. The molecule has 1 aliphatic carbocycles. The lowest BCUT2D eigenvalue weighted by Crippen LogP contribution is -2.22. The number of aliphatic imine (C=N–C) groups is 1. The Morgan fingerprint density at radius 2 is 2.24 bits per heavy atom. The summed E-state index contributed by atoms with van der Waals surface area (Å²) in [7, 11) is 3.86. The van der Waals surface area contributed by atoms with Gasteiger partial charge in [-0.3, -0.25) is 9.79 Å². The number of amides is 1. The minimum atomic E-state index is 0.0486. The monoisotopic (exact) mass is 396 g/mol. The first kappa shape index (κ1) is 19.6. The van der Waals surface area contributed by atoms with Crippen LogP contribution in [0.4, 0.5) is 5.82 Å². The number of nitrogens with two attached hydrogens (primary N) is 1. The summed E-state index contributed by atoms with van der Waals surface area (Å²) in [6, 6.07) is 5.81. The van der Waals surface area contributed by atoms with Gasteiger partial charge < -0.3 is 20.7 Å². The van der Waals surface area contributed by atoms with Crippen molar-refractivity contribution in [2.24, 2.45) is 16.6 Å². The van der Waals surface area contributed by atoms with Crippen molar-refractivity contribution < 1.29 is 9.53 Å². The lowest BCUT2D eigenvalue weighted by Gasteiger charge is -2.15. The number of nitrogens with one attached hydrogen (secondary N) is 1. The zero-order valence-electron chi connectivity index (χ0n) is 17.0. The number of rotatable bonds is 7. The zero-order chi connectivity index (χ0) is 20.4. The van der Waals surface area contributed by atoms with E-state index in [4.69, 9.17) is 10.5 Å². The van der Waals surface area contributed by atoms with Gasteiger partial charge in [0.25, 0.3) is 0 Å². The maximum Gasteiger partial charge on any atom is 0.228 e. The number of hydrogen-bond acceptors (Lipinski definition) is 6. The Morgan fingerprint density at radius 1 is 1.41 bits per heavy atom. The van der Waals surface area contributed by atoms with Gasteiger partial charge >= 0.3 is 0 Å². The van der Waals surface area contributed by atoms with Crippen molar-refractivity contribution in [3.63, 3.8) is 0 Å². The molecule has 0 bridgehead atoms. The molecule has 2 aliphatic rings. The highest BCUT2D eigenvalue weighted by atomic mass is 16.5. The van der Waals surface area contributed by atoms with E-state index in [1.807, 2.05) is 24.4 Å². The van der Waals surface area contributed by atoms with Crippen LogP contribution in [0, 0.1) is 5.92 Å². The number of carbonyl (C=O) groups is 1. The quantitative estimate of drug-likeness (QED) is 0.694. The zero-order valence-corrected chi connectivity index (χ0v) is 17.0. The molecule has 0 spiro atoms. The Balaban J connectivity index is 1.48. The second kappa shape index (κ2) is 8.34. The molecule has 0 radical (unpaired) electrons. The van der Waals surface area contributed by atoms with E-state index in [1.54, 1.807) is 17.8 Å². The summed E-state index contributed by atoms with van der Waals surface area (Å²) in [5.74, 6) is 0.760. The first-order chi connectivity index (χ1) is 14.1. The van der Waals surface area contributed by atoms with Crippen LogP contribution in [0.15, 0.2) is 41.2 Å². The van der Waals surface area contributed by atoms with Gasteiger partial charge in [-0.1, -0.05) is 0 Å². The number of hydrogen-bond donors (Lipinski definition) is 2. The van der Waals surface area contributed by atoms with Crippen LogP contribution in [0.2, 0.25) is 0 Å². The van der Waals surface area contributed by atoms with Crippen LogP contribution >= 0.6 is 0 Å². The molecule has 8 heteroatoms. The average Bonchev–Trinajstić information content (AvgIpc) is 3.37. The second-order valence-corrected chi connectivity index (χ2v) is 7.83. The topological polar surface area (TPSA) is 97.2 Å². The Labute approximate surface area is 170 Å². The Bertz CT molecular complexity index is 959. The van der Waals surface area contributed by atoms with E-state index < -0.39 is 0 Å². The minimum absolute atomic E-state index is 0.0486. The second-order valence-electron chi connectivity index (χ2n) is 7.83. The fourth-order valence-electron chi connectivity index (χ4n) is 3.67. The standard InChI is InChI=1S/C21H28N6O2/c1-23-20(16(11-22)13-29-18-6-7-26(2)12-18)15-5-8-27-17(9-15)10-19(25-27)24-21(28)14-3-4-14/h5,8-11,14,18H,3-4,6-7,12-13,22H2,1-2H3,(H,24,25,28)/b16-11+,23-20?/t18-/m0/s1. The molecule has 3 heterocycles. The molecular formula is C21H28N6O2. The lowest BCUT2D eigenvalue weighted by atomic mass is 10.0.